The Balaban J connectivity index is 2.25. The van der Waals surface area contributed by atoms with E-state index in [1.807, 2.05) is 6.92 Å². The van der Waals surface area contributed by atoms with Crippen molar-refractivity contribution >= 4 is 37.3 Å². The molecule has 0 saturated heterocycles. The fourth-order valence-corrected chi connectivity index (χ4v) is 6.38. The number of sulfonamides is 1. The third-order valence-electron chi connectivity index (χ3n) is 3.41. The summed E-state index contributed by atoms with van der Waals surface area (Å²) in [6, 6.07) is 3.68. The summed E-state index contributed by atoms with van der Waals surface area (Å²) in [5, 5.41) is 0. The van der Waals surface area contributed by atoms with Gasteiger partial charge in [-0.25, -0.2) is 8.42 Å². The van der Waals surface area contributed by atoms with Gasteiger partial charge >= 0.3 is 0 Å². The van der Waals surface area contributed by atoms with E-state index in [2.05, 4.69) is 15.9 Å². The Morgan fingerprint density at radius 2 is 2.00 bits per heavy atom. The summed E-state index contributed by atoms with van der Waals surface area (Å²) < 4.78 is 28.2. The van der Waals surface area contributed by atoms with Crippen molar-refractivity contribution in [2.45, 2.75) is 49.3 Å². The van der Waals surface area contributed by atoms with Crippen LogP contribution in [0.5, 0.6) is 0 Å². The summed E-state index contributed by atoms with van der Waals surface area (Å²) in [6.07, 6.45) is 5.52. The van der Waals surface area contributed by atoms with Gasteiger partial charge in [-0.2, -0.15) is 4.31 Å². The molecule has 0 unspecified atom stereocenters. The van der Waals surface area contributed by atoms with Gasteiger partial charge in [-0.15, -0.1) is 11.3 Å². The van der Waals surface area contributed by atoms with Crippen LogP contribution in [-0.4, -0.2) is 25.3 Å². The molecule has 0 radical (unpaired) electrons. The van der Waals surface area contributed by atoms with E-state index in [4.69, 9.17) is 0 Å². The van der Waals surface area contributed by atoms with Gasteiger partial charge in [0.2, 0.25) is 0 Å². The minimum Gasteiger partial charge on any atom is -0.206 e. The largest absolute Gasteiger partial charge is 0.252 e. The van der Waals surface area contributed by atoms with Crippen LogP contribution in [0, 0.1) is 0 Å². The fourth-order valence-electron chi connectivity index (χ4n) is 2.55. The minimum atomic E-state index is -3.31. The van der Waals surface area contributed by atoms with Gasteiger partial charge in [0.15, 0.2) is 0 Å². The van der Waals surface area contributed by atoms with E-state index < -0.39 is 10.0 Å². The van der Waals surface area contributed by atoms with E-state index in [-0.39, 0.29) is 6.04 Å². The third kappa shape index (κ3) is 2.98. The molecular formula is C12H18BrNO2S2. The first-order valence-corrected chi connectivity index (χ1v) is 9.38. The summed E-state index contributed by atoms with van der Waals surface area (Å²) in [7, 11) is -3.31. The van der Waals surface area contributed by atoms with Crippen molar-refractivity contribution in [1.82, 2.24) is 4.31 Å². The molecule has 6 heteroatoms. The molecule has 0 N–H and O–H groups in total. The number of nitrogens with zero attached hydrogens (tertiary/aromatic N) is 1. The quantitative estimate of drug-likeness (QED) is 0.825. The van der Waals surface area contributed by atoms with Gasteiger partial charge in [-0.05, 0) is 40.9 Å². The smallest absolute Gasteiger partial charge is 0.206 e. The molecule has 3 nitrogen and oxygen atoms in total. The molecule has 18 heavy (non-hydrogen) atoms. The van der Waals surface area contributed by atoms with Crippen molar-refractivity contribution in [3.05, 3.63) is 15.9 Å². The maximum atomic E-state index is 12.6. The van der Waals surface area contributed by atoms with Crippen LogP contribution in [0.4, 0.5) is 0 Å². The van der Waals surface area contributed by atoms with Crippen molar-refractivity contribution in [3.63, 3.8) is 0 Å². The van der Waals surface area contributed by atoms with Crippen LogP contribution >= 0.6 is 27.3 Å². The second kappa shape index (κ2) is 6.03. The maximum Gasteiger partial charge on any atom is 0.252 e. The van der Waals surface area contributed by atoms with Gasteiger partial charge < -0.3 is 0 Å². The van der Waals surface area contributed by atoms with Crippen LogP contribution < -0.4 is 0 Å². The molecule has 2 rings (SSSR count). The lowest BCUT2D eigenvalue weighted by Crippen LogP contribution is -2.40. The summed E-state index contributed by atoms with van der Waals surface area (Å²) in [5.74, 6) is 0. The molecule has 0 aromatic carbocycles. The molecule has 1 saturated carbocycles. The van der Waals surface area contributed by atoms with Gasteiger partial charge in [0, 0.05) is 12.6 Å². The number of halogens is 1. The monoisotopic (exact) mass is 351 g/mol. The highest BCUT2D eigenvalue weighted by Crippen LogP contribution is 2.32. The fraction of sp³-hybridized carbons (Fsp3) is 0.667. The molecule has 1 heterocycles. The molecule has 1 aliphatic rings. The Bertz CT molecular complexity index is 492. The molecule has 1 aromatic rings. The lowest BCUT2D eigenvalue weighted by atomic mass is 9.95. The average molecular weight is 352 g/mol. The predicted octanol–water partition coefficient (Wildman–Crippen LogP) is 3.85. The van der Waals surface area contributed by atoms with Crippen LogP contribution in [0.1, 0.15) is 39.0 Å². The topological polar surface area (TPSA) is 37.4 Å². The zero-order valence-corrected chi connectivity index (χ0v) is 13.7. The maximum absolute atomic E-state index is 12.6. The number of rotatable bonds is 4. The molecule has 0 spiro atoms. The molecule has 1 aromatic heterocycles. The van der Waals surface area contributed by atoms with Gasteiger partial charge in [0.25, 0.3) is 10.0 Å². The number of hydrogen-bond acceptors (Lipinski definition) is 3. The molecule has 0 amide bonds. The van der Waals surface area contributed by atoms with Gasteiger partial charge in [0.1, 0.15) is 4.21 Å². The zero-order valence-electron chi connectivity index (χ0n) is 10.4. The van der Waals surface area contributed by atoms with Crippen LogP contribution in [0.3, 0.4) is 0 Å². The first-order valence-electron chi connectivity index (χ1n) is 6.33. The number of hydrogen-bond donors (Lipinski definition) is 0. The van der Waals surface area contributed by atoms with Crippen LogP contribution in [0.25, 0.3) is 0 Å². The molecule has 1 fully saturated rings. The molecule has 102 valence electrons. The number of thiophene rings is 1. The second-order valence-electron chi connectivity index (χ2n) is 4.56. The summed E-state index contributed by atoms with van der Waals surface area (Å²) in [4.78, 5) is 0. The minimum absolute atomic E-state index is 0.189. The van der Waals surface area contributed by atoms with E-state index in [1.54, 1.807) is 16.4 Å². The van der Waals surface area contributed by atoms with Crippen LogP contribution in [0.2, 0.25) is 0 Å². The Kier molecular flexibility index (Phi) is 4.86. The van der Waals surface area contributed by atoms with Crippen molar-refractivity contribution in [3.8, 4) is 0 Å². The highest BCUT2D eigenvalue weighted by Gasteiger charge is 2.31. The molecule has 0 atom stereocenters. The summed E-state index contributed by atoms with van der Waals surface area (Å²) >= 11 is 4.62. The standard InChI is InChI=1S/C12H18BrNO2S2/c1-2-14(10-6-4-3-5-7-10)18(15,16)12-9-8-11(13)17-12/h8-10H,2-7H2,1H3. The van der Waals surface area contributed by atoms with Crippen LogP contribution in [0.15, 0.2) is 20.1 Å². The van der Waals surface area contributed by atoms with E-state index in [1.165, 1.54) is 17.8 Å². The molecule has 1 aliphatic carbocycles. The van der Waals surface area contributed by atoms with Gasteiger partial charge in [0.05, 0.1) is 3.79 Å². The van der Waals surface area contributed by atoms with Gasteiger partial charge in [-0.3, -0.25) is 0 Å². The second-order valence-corrected chi connectivity index (χ2v) is 9.14. The zero-order chi connectivity index (χ0) is 13.2. The first kappa shape index (κ1) is 14.5. The van der Waals surface area contributed by atoms with E-state index in [0.29, 0.717) is 10.8 Å². The van der Waals surface area contributed by atoms with Crippen molar-refractivity contribution < 1.29 is 8.42 Å². The van der Waals surface area contributed by atoms with E-state index >= 15 is 0 Å². The third-order valence-corrected chi connectivity index (χ3v) is 7.52. The molecule has 0 aliphatic heterocycles. The predicted molar refractivity (Wildman–Crippen MR) is 78.5 cm³/mol. The van der Waals surface area contributed by atoms with Crippen molar-refractivity contribution in [2.24, 2.45) is 0 Å². The first-order chi connectivity index (χ1) is 8.55. The van der Waals surface area contributed by atoms with E-state index in [9.17, 15) is 8.42 Å². The Morgan fingerprint density at radius 3 is 2.50 bits per heavy atom. The van der Waals surface area contributed by atoms with Gasteiger partial charge in [-0.1, -0.05) is 26.2 Å². The van der Waals surface area contributed by atoms with E-state index in [0.717, 1.165) is 29.5 Å². The Labute approximate surface area is 121 Å². The Hall–Kier alpha value is 0.0900. The highest BCUT2D eigenvalue weighted by atomic mass is 79.9. The summed E-state index contributed by atoms with van der Waals surface area (Å²) in [5.41, 5.74) is 0. The van der Waals surface area contributed by atoms with Crippen LogP contribution in [-0.2, 0) is 10.0 Å². The SMILES string of the molecule is CCN(C1CCCCC1)S(=O)(=O)c1ccc(Br)s1. The van der Waals surface area contributed by atoms with Crippen molar-refractivity contribution in [1.29, 1.82) is 0 Å². The van der Waals surface area contributed by atoms with Crippen molar-refractivity contribution in [2.75, 3.05) is 6.54 Å². The lowest BCUT2D eigenvalue weighted by Gasteiger charge is -2.32. The normalized spacial score (nSPS) is 18.4. The molecular weight excluding hydrogens is 334 g/mol. The molecule has 0 bridgehead atoms. The highest BCUT2D eigenvalue weighted by molar-refractivity contribution is 9.11. The Morgan fingerprint density at radius 1 is 1.33 bits per heavy atom. The summed E-state index contributed by atoms with van der Waals surface area (Å²) in [6.45, 7) is 2.48. The average Bonchev–Trinajstić information content (AvgIpc) is 2.78. The lowest BCUT2D eigenvalue weighted by molar-refractivity contribution is 0.262.